The van der Waals surface area contributed by atoms with Gasteiger partial charge < -0.3 is 10.2 Å². The lowest BCUT2D eigenvalue weighted by Gasteiger charge is -2.20. The van der Waals surface area contributed by atoms with Crippen LogP contribution in [0.25, 0.3) is 0 Å². The van der Waals surface area contributed by atoms with Gasteiger partial charge in [-0.05, 0) is 44.5 Å². The number of anilines is 4. The van der Waals surface area contributed by atoms with E-state index in [2.05, 4.69) is 59.5 Å². The van der Waals surface area contributed by atoms with Crippen LogP contribution in [0.5, 0.6) is 0 Å². The van der Waals surface area contributed by atoms with Gasteiger partial charge in [0.2, 0.25) is 0 Å². The average molecular weight is 319 g/mol. The minimum absolute atomic E-state index is 0.582. The van der Waals surface area contributed by atoms with Crippen LogP contribution in [-0.2, 0) is 0 Å². The van der Waals surface area contributed by atoms with E-state index in [1.165, 1.54) is 11.1 Å². The Morgan fingerprint density at radius 2 is 1.83 bits per heavy atom. The van der Waals surface area contributed by atoms with Gasteiger partial charge in [0.05, 0.1) is 6.20 Å². The number of aromatic nitrogens is 3. The second kappa shape index (κ2) is 7.08. The topological polar surface area (TPSA) is 53.9 Å². The molecule has 1 N–H and O–H groups in total. The number of nitrogens with one attached hydrogen (secondary N) is 1. The van der Waals surface area contributed by atoms with Crippen molar-refractivity contribution in [1.29, 1.82) is 0 Å². The number of rotatable bonds is 5. The molecule has 3 aromatic rings. The molecule has 0 amide bonds. The number of hydrogen-bond donors (Lipinski definition) is 1. The highest BCUT2D eigenvalue weighted by Crippen LogP contribution is 2.24. The molecule has 3 rings (SSSR count). The maximum atomic E-state index is 4.62. The van der Waals surface area contributed by atoms with Gasteiger partial charge >= 0.3 is 0 Å². The Balaban J connectivity index is 1.88. The molecule has 0 aliphatic carbocycles. The van der Waals surface area contributed by atoms with Crippen molar-refractivity contribution in [1.82, 2.24) is 15.2 Å². The maximum Gasteiger partial charge on any atom is 0.251 e. The normalized spacial score (nSPS) is 10.5. The van der Waals surface area contributed by atoms with Gasteiger partial charge in [-0.2, -0.15) is 10.1 Å². The Morgan fingerprint density at radius 3 is 2.54 bits per heavy atom. The van der Waals surface area contributed by atoms with Crippen LogP contribution in [-0.4, -0.2) is 21.7 Å². The fourth-order valence-electron chi connectivity index (χ4n) is 2.61. The van der Waals surface area contributed by atoms with Crippen LogP contribution >= 0.6 is 0 Å². The summed E-state index contributed by atoms with van der Waals surface area (Å²) in [7, 11) is 0. The van der Waals surface area contributed by atoms with Gasteiger partial charge in [-0.25, -0.2) is 0 Å². The van der Waals surface area contributed by atoms with E-state index in [0.29, 0.717) is 11.8 Å². The molecule has 0 spiro atoms. The standard InChI is InChI=1S/C19H21N5/c1-4-24(16-8-6-5-7-9-16)19-22-18(13-20-23-19)21-17-11-10-14(2)12-15(17)3/h5-13H,4H2,1-3H3,(H,21,22,23). The molecular formula is C19H21N5. The third-order valence-corrected chi connectivity index (χ3v) is 3.82. The molecule has 0 aliphatic heterocycles. The highest BCUT2D eigenvalue weighted by atomic mass is 15.3. The van der Waals surface area contributed by atoms with Crippen molar-refractivity contribution in [2.45, 2.75) is 20.8 Å². The second-order valence-corrected chi connectivity index (χ2v) is 5.66. The SMILES string of the molecule is CCN(c1ccccc1)c1nncc(Nc2ccc(C)cc2C)n1. The first-order chi connectivity index (χ1) is 11.7. The van der Waals surface area contributed by atoms with Crippen LogP contribution in [0, 0.1) is 13.8 Å². The Hall–Kier alpha value is -2.95. The molecule has 0 radical (unpaired) electrons. The molecule has 0 fully saturated rings. The van der Waals surface area contributed by atoms with E-state index < -0.39 is 0 Å². The van der Waals surface area contributed by atoms with E-state index in [4.69, 9.17) is 0 Å². The highest BCUT2D eigenvalue weighted by molar-refractivity contribution is 5.62. The van der Waals surface area contributed by atoms with E-state index in [1.807, 2.05) is 35.2 Å². The van der Waals surface area contributed by atoms with Crippen LogP contribution in [0.1, 0.15) is 18.1 Å². The lowest BCUT2D eigenvalue weighted by atomic mass is 10.1. The Morgan fingerprint density at radius 1 is 1.04 bits per heavy atom. The predicted molar refractivity (Wildman–Crippen MR) is 98.1 cm³/mol. The van der Waals surface area contributed by atoms with Crippen molar-refractivity contribution >= 4 is 23.1 Å². The summed E-state index contributed by atoms with van der Waals surface area (Å²) in [4.78, 5) is 6.65. The zero-order valence-electron chi connectivity index (χ0n) is 14.2. The zero-order valence-corrected chi connectivity index (χ0v) is 14.2. The van der Waals surface area contributed by atoms with E-state index >= 15 is 0 Å². The first kappa shape index (κ1) is 15.9. The first-order valence-corrected chi connectivity index (χ1v) is 8.04. The molecule has 5 nitrogen and oxygen atoms in total. The van der Waals surface area contributed by atoms with E-state index in [-0.39, 0.29) is 0 Å². The monoisotopic (exact) mass is 319 g/mol. The van der Waals surface area contributed by atoms with Gasteiger partial charge in [0.15, 0.2) is 5.82 Å². The summed E-state index contributed by atoms with van der Waals surface area (Å²) in [5.74, 6) is 1.26. The lowest BCUT2D eigenvalue weighted by molar-refractivity contribution is 0.887. The summed E-state index contributed by atoms with van der Waals surface area (Å²) in [6.07, 6.45) is 1.64. The van der Waals surface area contributed by atoms with E-state index in [9.17, 15) is 0 Å². The quantitative estimate of drug-likeness (QED) is 0.756. The maximum absolute atomic E-state index is 4.62. The number of aryl methyl sites for hydroxylation is 2. The van der Waals surface area contributed by atoms with Crippen molar-refractivity contribution in [2.24, 2.45) is 0 Å². The largest absolute Gasteiger partial charge is 0.339 e. The molecule has 0 atom stereocenters. The molecule has 0 aliphatic rings. The number of para-hydroxylation sites is 1. The van der Waals surface area contributed by atoms with E-state index in [0.717, 1.165) is 17.9 Å². The lowest BCUT2D eigenvalue weighted by Crippen LogP contribution is -2.19. The van der Waals surface area contributed by atoms with Gasteiger partial charge in [0, 0.05) is 17.9 Å². The van der Waals surface area contributed by atoms with Gasteiger partial charge in [0.25, 0.3) is 5.95 Å². The molecule has 122 valence electrons. The molecule has 0 saturated carbocycles. The number of benzene rings is 2. The Kier molecular flexibility index (Phi) is 4.70. The van der Waals surface area contributed by atoms with Gasteiger partial charge in [-0.3, -0.25) is 0 Å². The molecule has 1 aromatic heterocycles. The van der Waals surface area contributed by atoms with Crippen LogP contribution in [0.3, 0.4) is 0 Å². The average Bonchev–Trinajstić information content (AvgIpc) is 2.60. The van der Waals surface area contributed by atoms with Crippen LogP contribution < -0.4 is 10.2 Å². The molecule has 0 unspecified atom stereocenters. The highest BCUT2D eigenvalue weighted by Gasteiger charge is 2.11. The zero-order chi connectivity index (χ0) is 16.9. The third kappa shape index (κ3) is 3.51. The molecule has 0 bridgehead atoms. The number of hydrogen-bond acceptors (Lipinski definition) is 5. The van der Waals surface area contributed by atoms with Crippen molar-refractivity contribution < 1.29 is 0 Å². The van der Waals surface area contributed by atoms with Crippen LogP contribution in [0.4, 0.5) is 23.1 Å². The summed E-state index contributed by atoms with van der Waals surface area (Å²) in [5.41, 5.74) is 4.48. The van der Waals surface area contributed by atoms with Gasteiger partial charge in [-0.15, -0.1) is 5.10 Å². The van der Waals surface area contributed by atoms with Gasteiger partial charge in [0.1, 0.15) is 0 Å². The van der Waals surface area contributed by atoms with Crippen LogP contribution in [0.2, 0.25) is 0 Å². The number of nitrogens with zero attached hydrogens (tertiary/aromatic N) is 4. The molecule has 1 heterocycles. The third-order valence-electron chi connectivity index (χ3n) is 3.82. The van der Waals surface area contributed by atoms with Crippen molar-refractivity contribution in [3.05, 3.63) is 65.9 Å². The minimum Gasteiger partial charge on any atom is -0.339 e. The fourth-order valence-corrected chi connectivity index (χ4v) is 2.61. The predicted octanol–water partition coefficient (Wildman–Crippen LogP) is 4.39. The van der Waals surface area contributed by atoms with Gasteiger partial charge in [-0.1, -0.05) is 35.9 Å². The Labute approximate surface area is 142 Å². The molecule has 2 aromatic carbocycles. The summed E-state index contributed by atoms with van der Waals surface area (Å²) >= 11 is 0. The molecule has 5 heteroatoms. The van der Waals surface area contributed by atoms with Crippen LogP contribution in [0.15, 0.2) is 54.7 Å². The summed E-state index contributed by atoms with van der Waals surface area (Å²) in [5, 5.41) is 11.6. The minimum atomic E-state index is 0.582. The van der Waals surface area contributed by atoms with E-state index in [1.54, 1.807) is 6.20 Å². The summed E-state index contributed by atoms with van der Waals surface area (Å²) < 4.78 is 0. The summed E-state index contributed by atoms with van der Waals surface area (Å²) in [6.45, 7) is 6.99. The molecule has 24 heavy (non-hydrogen) atoms. The van der Waals surface area contributed by atoms with Crippen molar-refractivity contribution in [3.8, 4) is 0 Å². The van der Waals surface area contributed by atoms with Crippen molar-refractivity contribution in [3.63, 3.8) is 0 Å². The Bertz CT molecular complexity index is 817. The van der Waals surface area contributed by atoms with Crippen molar-refractivity contribution in [2.75, 3.05) is 16.8 Å². The first-order valence-electron chi connectivity index (χ1n) is 8.04. The molecule has 0 saturated heterocycles. The smallest absolute Gasteiger partial charge is 0.251 e. The second-order valence-electron chi connectivity index (χ2n) is 5.66. The molecular weight excluding hydrogens is 298 g/mol. The summed E-state index contributed by atoms with van der Waals surface area (Å²) in [6, 6.07) is 16.4. The fraction of sp³-hybridized carbons (Fsp3) is 0.211.